The van der Waals surface area contributed by atoms with Crippen LogP contribution in [0.15, 0.2) is 28.7 Å². The van der Waals surface area contributed by atoms with Gasteiger partial charge in [-0.2, -0.15) is 0 Å². The summed E-state index contributed by atoms with van der Waals surface area (Å²) in [6, 6.07) is 6.34. The highest BCUT2D eigenvalue weighted by Crippen LogP contribution is 2.34. The molecule has 2 aromatic rings. The van der Waals surface area contributed by atoms with Gasteiger partial charge < -0.3 is 5.32 Å². The fraction of sp³-hybridized carbons (Fsp3) is 0.235. The Balaban J connectivity index is 1.90. The molecule has 1 aliphatic rings. The zero-order valence-electron chi connectivity index (χ0n) is 13.2. The molecule has 2 N–H and O–H groups in total. The SMILES string of the molecule is O=C(NOCC1CC1)c1cc(Cl)c(F)c(F)c1Nc1ccc(I)cc1Br. The number of hydroxylamine groups is 1. The van der Waals surface area contributed by atoms with Gasteiger partial charge in [-0.3, -0.25) is 9.63 Å². The van der Waals surface area contributed by atoms with E-state index < -0.39 is 22.6 Å². The number of anilines is 2. The van der Waals surface area contributed by atoms with E-state index in [9.17, 15) is 13.6 Å². The lowest BCUT2D eigenvalue weighted by Gasteiger charge is -2.15. The Hall–Kier alpha value is -0.970. The summed E-state index contributed by atoms with van der Waals surface area (Å²) in [5.41, 5.74) is 2.25. The second-order valence-electron chi connectivity index (χ2n) is 5.84. The van der Waals surface area contributed by atoms with Crippen LogP contribution >= 0.6 is 50.1 Å². The van der Waals surface area contributed by atoms with Crippen molar-refractivity contribution in [1.82, 2.24) is 5.48 Å². The number of nitrogens with one attached hydrogen (secondary N) is 2. The summed E-state index contributed by atoms with van der Waals surface area (Å²) in [5, 5.41) is 2.27. The smallest absolute Gasteiger partial charge is 0.277 e. The van der Waals surface area contributed by atoms with Gasteiger partial charge in [0.2, 0.25) is 0 Å². The predicted octanol–water partition coefficient (Wildman–Crippen LogP) is 5.80. The van der Waals surface area contributed by atoms with Crippen LogP contribution in [0.25, 0.3) is 0 Å². The molecule has 1 amide bonds. The van der Waals surface area contributed by atoms with Crippen LogP contribution in [0, 0.1) is 21.1 Å². The van der Waals surface area contributed by atoms with Crippen LogP contribution in [0.4, 0.5) is 20.2 Å². The van der Waals surface area contributed by atoms with Crippen LogP contribution in [0.2, 0.25) is 5.02 Å². The summed E-state index contributed by atoms with van der Waals surface area (Å²) in [4.78, 5) is 17.5. The lowest BCUT2D eigenvalue weighted by Crippen LogP contribution is -2.26. The Bertz CT molecular complexity index is 865. The van der Waals surface area contributed by atoms with E-state index in [1.165, 1.54) is 0 Å². The molecule has 0 unspecified atom stereocenters. The van der Waals surface area contributed by atoms with E-state index in [1.807, 2.05) is 0 Å². The molecule has 9 heteroatoms. The fourth-order valence-corrected chi connectivity index (χ4v) is 3.78. The van der Waals surface area contributed by atoms with E-state index in [2.05, 4.69) is 49.3 Å². The third-order valence-electron chi connectivity index (χ3n) is 3.78. The quantitative estimate of drug-likeness (QED) is 0.268. The maximum atomic E-state index is 14.5. The first kappa shape index (κ1) is 19.8. The minimum atomic E-state index is -1.24. The van der Waals surface area contributed by atoms with Crippen LogP contribution in [-0.4, -0.2) is 12.5 Å². The van der Waals surface area contributed by atoms with Crippen molar-refractivity contribution < 1.29 is 18.4 Å². The summed E-state index contributed by atoms with van der Waals surface area (Å²) in [6.07, 6.45) is 2.11. The molecule has 1 aliphatic carbocycles. The number of amides is 1. The zero-order valence-corrected chi connectivity index (χ0v) is 17.7. The first-order valence-corrected chi connectivity index (χ1v) is 9.93. The summed E-state index contributed by atoms with van der Waals surface area (Å²) in [5.74, 6) is -2.75. The zero-order chi connectivity index (χ0) is 18.8. The van der Waals surface area contributed by atoms with Gasteiger partial charge in [0, 0.05) is 8.04 Å². The van der Waals surface area contributed by atoms with Crippen molar-refractivity contribution in [2.75, 3.05) is 11.9 Å². The molecule has 1 fully saturated rings. The third kappa shape index (κ3) is 4.65. The van der Waals surface area contributed by atoms with Gasteiger partial charge in [-0.1, -0.05) is 11.6 Å². The highest BCUT2D eigenvalue weighted by Gasteiger charge is 2.25. The van der Waals surface area contributed by atoms with Crippen molar-refractivity contribution >= 4 is 67.4 Å². The molecule has 138 valence electrons. The molecule has 0 atom stereocenters. The first-order valence-electron chi connectivity index (χ1n) is 7.68. The first-order chi connectivity index (χ1) is 12.4. The average Bonchev–Trinajstić information content (AvgIpc) is 3.41. The second kappa shape index (κ2) is 8.37. The number of carbonyl (C=O) groups is 1. The molecule has 0 radical (unpaired) electrons. The Morgan fingerprint density at radius 1 is 1.31 bits per heavy atom. The molecule has 2 aromatic carbocycles. The molecular formula is C17H13BrClF2IN2O2. The van der Waals surface area contributed by atoms with Crippen molar-refractivity contribution in [1.29, 1.82) is 0 Å². The van der Waals surface area contributed by atoms with Gasteiger partial charge in [0.1, 0.15) is 0 Å². The van der Waals surface area contributed by atoms with Crippen molar-refractivity contribution in [3.05, 3.63) is 54.5 Å². The monoisotopic (exact) mass is 556 g/mol. The minimum absolute atomic E-state index is 0.157. The number of hydrogen-bond donors (Lipinski definition) is 2. The van der Waals surface area contributed by atoms with Crippen LogP contribution in [0.5, 0.6) is 0 Å². The Labute approximate surface area is 175 Å². The van der Waals surface area contributed by atoms with Crippen LogP contribution < -0.4 is 10.8 Å². The number of benzene rings is 2. The van der Waals surface area contributed by atoms with E-state index in [0.29, 0.717) is 22.7 Å². The number of hydrogen-bond acceptors (Lipinski definition) is 3. The van der Waals surface area contributed by atoms with E-state index in [1.54, 1.807) is 18.2 Å². The summed E-state index contributed by atoms with van der Waals surface area (Å²) in [6.45, 7) is 0.384. The lowest BCUT2D eigenvalue weighted by molar-refractivity contribution is 0.0270. The van der Waals surface area contributed by atoms with Gasteiger partial charge in [0.05, 0.1) is 28.6 Å². The summed E-state index contributed by atoms with van der Waals surface area (Å²) in [7, 11) is 0. The van der Waals surface area contributed by atoms with Gasteiger partial charge in [-0.25, -0.2) is 14.3 Å². The standard InChI is InChI=1S/C17H13BrClF2IN2O2/c18-11-5-9(22)3-4-13(11)23-16-10(6-12(19)14(20)15(16)21)17(25)24-26-7-8-1-2-8/h3-6,8,23H,1-2,7H2,(H,24,25). The van der Waals surface area contributed by atoms with Crippen molar-refractivity contribution in [3.8, 4) is 0 Å². The second-order valence-corrected chi connectivity index (χ2v) is 8.35. The highest BCUT2D eigenvalue weighted by atomic mass is 127. The Kier molecular flexibility index (Phi) is 6.37. The largest absolute Gasteiger partial charge is 0.351 e. The maximum Gasteiger partial charge on any atom is 0.277 e. The van der Waals surface area contributed by atoms with Gasteiger partial charge >= 0.3 is 0 Å². The number of carbonyl (C=O) groups excluding carboxylic acids is 1. The van der Waals surface area contributed by atoms with E-state index in [0.717, 1.165) is 22.5 Å². The maximum absolute atomic E-state index is 14.5. The summed E-state index contributed by atoms with van der Waals surface area (Å²) >= 11 is 11.2. The number of rotatable bonds is 6. The topological polar surface area (TPSA) is 50.4 Å². The van der Waals surface area contributed by atoms with Gasteiger partial charge in [0.25, 0.3) is 5.91 Å². The molecule has 26 heavy (non-hydrogen) atoms. The number of halogens is 5. The van der Waals surface area contributed by atoms with Crippen LogP contribution in [0.3, 0.4) is 0 Å². The molecular weight excluding hydrogens is 544 g/mol. The molecule has 0 heterocycles. The van der Waals surface area contributed by atoms with Gasteiger partial charge in [-0.05, 0) is 81.5 Å². The molecule has 3 rings (SSSR count). The highest BCUT2D eigenvalue weighted by molar-refractivity contribution is 14.1. The third-order valence-corrected chi connectivity index (χ3v) is 5.38. The predicted molar refractivity (Wildman–Crippen MR) is 108 cm³/mol. The molecule has 4 nitrogen and oxygen atoms in total. The summed E-state index contributed by atoms with van der Waals surface area (Å²) < 4.78 is 30.0. The Morgan fingerprint density at radius 3 is 2.69 bits per heavy atom. The lowest BCUT2D eigenvalue weighted by atomic mass is 10.1. The molecule has 0 aliphatic heterocycles. The molecule has 0 spiro atoms. The molecule has 0 saturated heterocycles. The molecule has 1 saturated carbocycles. The molecule has 0 bridgehead atoms. The van der Waals surface area contributed by atoms with E-state index in [-0.39, 0.29) is 11.3 Å². The van der Waals surface area contributed by atoms with E-state index in [4.69, 9.17) is 16.4 Å². The van der Waals surface area contributed by atoms with Gasteiger partial charge in [-0.15, -0.1) is 0 Å². The van der Waals surface area contributed by atoms with Gasteiger partial charge in [0.15, 0.2) is 11.6 Å². The van der Waals surface area contributed by atoms with Crippen molar-refractivity contribution in [2.45, 2.75) is 12.8 Å². The van der Waals surface area contributed by atoms with Crippen LogP contribution in [0.1, 0.15) is 23.2 Å². The average molecular weight is 558 g/mol. The van der Waals surface area contributed by atoms with Crippen molar-refractivity contribution in [3.63, 3.8) is 0 Å². The fourth-order valence-electron chi connectivity index (χ4n) is 2.19. The van der Waals surface area contributed by atoms with Crippen LogP contribution in [-0.2, 0) is 4.84 Å². The normalized spacial score (nSPS) is 13.6. The molecule has 0 aromatic heterocycles. The Morgan fingerprint density at radius 2 is 2.04 bits per heavy atom. The minimum Gasteiger partial charge on any atom is -0.351 e. The van der Waals surface area contributed by atoms with Crippen molar-refractivity contribution in [2.24, 2.45) is 5.92 Å². The van der Waals surface area contributed by atoms with E-state index >= 15 is 0 Å².